The fraction of sp³-hybridized carbons (Fsp3) is 0.125. The summed E-state index contributed by atoms with van der Waals surface area (Å²) >= 11 is 3.48. The first-order valence-electron chi connectivity index (χ1n) is 6.27. The Kier molecular flexibility index (Phi) is 3.29. The van der Waals surface area contributed by atoms with Gasteiger partial charge in [-0.2, -0.15) is 5.26 Å². The van der Waals surface area contributed by atoms with E-state index in [1.165, 1.54) is 5.56 Å². The topological polar surface area (TPSA) is 41.6 Å². The molecule has 20 heavy (non-hydrogen) atoms. The Morgan fingerprint density at radius 3 is 2.85 bits per heavy atom. The van der Waals surface area contributed by atoms with E-state index in [1.807, 2.05) is 37.4 Å². The standard InChI is InChI=1S/C16H12BrN3/c1-20-15-6-5-12(10-18)8-14(15)19-16(20)9-11-3-2-4-13(17)7-11/h2-8H,9H2,1H3. The number of benzene rings is 2. The summed E-state index contributed by atoms with van der Waals surface area (Å²) in [5, 5.41) is 8.95. The van der Waals surface area contributed by atoms with E-state index in [4.69, 9.17) is 5.26 Å². The molecule has 0 aliphatic carbocycles. The zero-order valence-electron chi connectivity index (χ0n) is 11.0. The molecule has 1 heterocycles. The molecule has 0 amide bonds. The summed E-state index contributed by atoms with van der Waals surface area (Å²) in [4.78, 5) is 4.64. The molecule has 0 unspecified atom stereocenters. The molecule has 0 bridgehead atoms. The molecule has 0 fully saturated rings. The van der Waals surface area contributed by atoms with Gasteiger partial charge in [0.25, 0.3) is 0 Å². The van der Waals surface area contributed by atoms with Crippen LogP contribution in [0.1, 0.15) is 17.0 Å². The van der Waals surface area contributed by atoms with Crippen molar-refractivity contribution in [2.45, 2.75) is 6.42 Å². The van der Waals surface area contributed by atoms with Crippen LogP contribution in [0.4, 0.5) is 0 Å². The predicted molar refractivity (Wildman–Crippen MR) is 82.4 cm³/mol. The molecule has 1 aromatic heterocycles. The number of aromatic nitrogens is 2. The maximum Gasteiger partial charge on any atom is 0.114 e. The molecule has 0 aliphatic rings. The first-order chi connectivity index (χ1) is 9.67. The normalized spacial score (nSPS) is 10.7. The van der Waals surface area contributed by atoms with E-state index in [2.05, 4.69) is 43.7 Å². The summed E-state index contributed by atoms with van der Waals surface area (Å²) in [5.41, 5.74) is 3.77. The minimum Gasteiger partial charge on any atom is -0.331 e. The number of imidazole rings is 1. The van der Waals surface area contributed by atoms with Crippen molar-refractivity contribution in [1.82, 2.24) is 9.55 Å². The summed E-state index contributed by atoms with van der Waals surface area (Å²) in [5.74, 6) is 0.994. The van der Waals surface area contributed by atoms with Crippen molar-refractivity contribution in [3.05, 3.63) is 63.9 Å². The first kappa shape index (κ1) is 12.9. The van der Waals surface area contributed by atoms with Gasteiger partial charge in [-0.15, -0.1) is 0 Å². The number of nitriles is 1. The number of rotatable bonds is 2. The van der Waals surface area contributed by atoms with Crippen LogP contribution in [0.25, 0.3) is 11.0 Å². The van der Waals surface area contributed by atoms with Gasteiger partial charge in [0.15, 0.2) is 0 Å². The minimum atomic E-state index is 0.643. The summed E-state index contributed by atoms with van der Waals surface area (Å²) in [6.07, 6.45) is 0.770. The second kappa shape index (κ2) is 5.10. The summed E-state index contributed by atoms with van der Waals surface area (Å²) in [6, 6.07) is 16.0. The van der Waals surface area contributed by atoms with Crippen LogP contribution in [-0.4, -0.2) is 9.55 Å². The lowest BCUT2D eigenvalue weighted by molar-refractivity contribution is 0.844. The second-order valence-electron chi connectivity index (χ2n) is 4.71. The van der Waals surface area contributed by atoms with Crippen molar-refractivity contribution in [1.29, 1.82) is 5.26 Å². The van der Waals surface area contributed by atoms with Crippen LogP contribution < -0.4 is 0 Å². The van der Waals surface area contributed by atoms with Crippen molar-refractivity contribution in [3.8, 4) is 6.07 Å². The van der Waals surface area contributed by atoms with Gasteiger partial charge >= 0.3 is 0 Å². The van der Waals surface area contributed by atoms with Gasteiger partial charge in [0.1, 0.15) is 5.82 Å². The van der Waals surface area contributed by atoms with E-state index in [0.717, 1.165) is 27.8 Å². The number of halogens is 1. The quantitative estimate of drug-likeness (QED) is 0.719. The Morgan fingerprint density at radius 2 is 2.10 bits per heavy atom. The molecule has 0 spiro atoms. The lowest BCUT2D eigenvalue weighted by Crippen LogP contribution is -1.98. The molecule has 3 aromatic rings. The van der Waals surface area contributed by atoms with E-state index in [-0.39, 0.29) is 0 Å². The SMILES string of the molecule is Cn1c(Cc2cccc(Br)c2)nc2cc(C#N)ccc21. The van der Waals surface area contributed by atoms with Gasteiger partial charge in [-0.25, -0.2) is 4.98 Å². The van der Waals surface area contributed by atoms with E-state index in [9.17, 15) is 0 Å². The largest absolute Gasteiger partial charge is 0.331 e. The van der Waals surface area contributed by atoms with Crippen molar-refractivity contribution in [2.75, 3.05) is 0 Å². The number of hydrogen-bond donors (Lipinski definition) is 0. The molecule has 0 saturated carbocycles. The van der Waals surface area contributed by atoms with Crippen LogP contribution in [0.5, 0.6) is 0 Å². The van der Waals surface area contributed by atoms with Crippen LogP contribution in [0.3, 0.4) is 0 Å². The van der Waals surface area contributed by atoms with Crippen molar-refractivity contribution in [3.63, 3.8) is 0 Å². The van der Waals surface area contributed by atoms with Gasteiger partial charge in [0.2, 0.25) is 0 Å². The zero-order valence-corrected chi connectivity index (χ0v) is 12.6. The number of fused-ring (bicyclic) bond motifs is 1. The highest BCUT2D eigenvalue weighted by Crippen LogP contribution is 2.20. The molecule has 4 heteroatoms. The summed E-state index contributed by atoms with van der Waals surface area (Å²) in [6.45, 7) is 0. The zero-order chi connectivity index (χ0) is 14.1. The maximum atomic E-state index is 8.95. The summed E-state index contributed by atoms with van der Waals surface area (Å²) in [7, 11) is 2.01. The molecule has 0 radical (unpaired) electrons. The van der Waals surface area contributed by atoms with E-state index in [1.54, 1.807) is 0 Å². The average molecular weight is 326 g/mol. The summed E-state index contributed by atoms with van der Waals surface area (Å²) < 4.78 is 3.15. The molecular weight excluding hydrogens is 314 g/mol. The highest BCUT2D eigenvalue weighted by Gasteiger charge is 2.09. The minimum absolute atomic E-state index is 0.643. The van der Waals surface area contributed by atoms with Gasteiger partial charge in [-0.1, -0.05) is 28.1 Å². The molecule has 0 aliphatic heterocycles. The van der Waals surface area contributed by atoms with Crippen molar-refractivity contribution in [2.24, 2.45) is 7.05 Å². The van der Waals surface area contributed by atoms with Crippen LogP contribution >= 0.6 is 15.9 Å². The van der Waals surface area contributed by atoms with Gasteiger partial charge in [-0.05, 0) is 35.9 Å². The van der Waals surface area contributed by atoms with E-state index in [0.29, 0.717) is 5.56 Å². The molecule has 3 rings (SSSR count). The molecule has 98 valence electrons. The third-order valence-electron chi connectivity index (χ3n) is 3.35. The number of hydrogen-bond acceptors (Lipinski definition) is 2. The maximum absolute atomic E-state index is 8.95. The van der Waals surface area contributed by atoms with Crippen molar-refractivity contribution >= 4 is 27.0 Å². The molecule has 0 saturated heterocycles. The molecule has 2 aromatic carbocycles. The van der Waals surface area contributed by atoms with Gasteiger partial charge < -0.3 is 4.57 Å². The Bertz CT molecular complexity index is 827. The lowest BCUT2D eigenvalue weighted by Gasteiger charge is -2.03. The van der Waals surface area contributed by atoms with Crippen LogP contribution in [0, 0.1) is 11.3 Å². The van der Waals surface area contributed by atoms with Gasteiger partial charge in [0, 0.05) is 17.9 Å². The Balaban J connectivity index is 2.04. The van der Waals surface area contributed by atoms with E-state index < -0.39 is 0 Å². The lowest BCUT2D eigenvalue weighted by atomic mass is 10.1. The Morgan fingerprint density at radius 1 is 1.25 bits per heavy atom. The number of nitrogens with zero attached hydrogens (tertiary/aromatic N) is 3. The van der Waals surface area contributed by atoms with Gasteiger partial charge in [0.05, 0.1) is 22.7 Å². The van der Waals surface area contributed by atoms with Crippen LogP contribution in [-0.2, 0) is 13.5 Å². The third kappa shape index (κ3) is 2.33. The molecule has 0 N–H and O–H groups in total. The molecule has 0 atom stereocenters. The van der Waals surface area contributed by atoms with Crippen molar-refractivity contribution < 1.29 is 0 Å². The van der Waals surface area contributed by atoms with Crippen LogP contribution in [0.15, 0.2) is 46.9 Å². The monoisotopic (exact) mass is 325 g/mol. The second-order valence-corrected chi connectivity index (χ2v) is 5.62. The predicted octanol–water partition coefficient (Wildman–Crippen LogP) is 3.80. The highest BCUT2D eigenvalue weighted by atomic mass is 79.9. The Hall–Kier alpha value is -2.12. The smallest absolute Gasteiger partial charge is 0.114 e. The Labute approximate surface area is 125 Å². The first-order valence-corrected chi connectivity index (χ1v) is 7.06. The van der Waals surface area contributed by atoms with Gasteiger partial charge in [-0.3, -0.25) is 0 Å². The molecular formula is C16H12BrN3. The average Bonchev–Trinajstić information content (AvgIpc) is 2.75. The highest BCUT2D eigenvalue weighted by molar-refractivity contribution is 9.10. The number of aryl methyl sites for hydroxylation is 1. The fourth-order valence-electron chi connectivity index (χ4n) is 2.31. The van der Waals surface area contributed by atoms with Crippen LogP contribution in [0.2, 0.25) is 0 Å². The fourth-order valence-corrected chi connectivity index (χ4v) is 2.75. The molecule has 3 nitrogen and oxygen atoms in total. The van der Waals surface area contributed by atoms with E-state index >= 15 is 0 Å². The third-order valence-corrected chi connectivity index (χ3v) is 3.85.